The molecule has 2 fully saturated rings. The van der Waals surface area contributed by atoms with E-state index in [0.717, 1.165) is 48.4 Å². The van der Waals surface area contributed by atoms with Gasteiger partial charge in [0, 0.05) is 43.7 Å². The van der Waals surface area contributed by atoms with Gasteiger partial charge in [0.25, 0.3) is 0 Å². The van der Waals surface area contributed by atoms with E-state index in [2.05, 4.69) is 33.3 Å². The summed E-state index contributed by atoms with van der Waals surface area (Å²) in [6.45, 7) is 2.38. The Labute approximate surface area is 189 Å². The van der Waals surface area contributed by atoms with Crippen LogP contribution in [0.3, 0.4) is 0 Å². The van der Waals surface area contributed by atoms with Crippen molar-refractivity contribution in [3.63, 3.8) is 0 Å². The Kier molecular flexibility index (Phi) is 9.70. The highest BCUT2D eigenvalue weighted by Crippen LogP contribution is 2.28. The fraction of sp³-hybridized carbons (Fsp3) is 0.600. The van der Waals surface area contributed by atoms with Crippen molar-refractivity contribution in [2.45, 2.75) is 49.9 Å². The Morgan fingerprint density at radius 3 is 2.75 bits per heavy atom. The smallest absolute Gasteiger partial charge is 0.321 e. The summed E-state index contributed by atoms with van der Waals surface area (Å²) in [5.41, 5.74) is 1.96. The van der Waals surface area contributed by atoms with Gasteiger partial charge >= 0.3 is 6.03 Å². The number of anilines is 1. The van der Waals surface area contributed by atoms with Crippen molar-refractivity contribution >= 4 is 53.4 Å². The van der Waals surface area contributed by atoms with E-state index in [1.165, 1.54) is 19.3 Å². The lowest BCUT2D eigenvalue weighted by molar-refractivity contribution is 0.222. The molecule has 1 aliphatic heterocycles. The number of guanidine groups is 1. The van der Waals surface area contributed by atoms with Crippen LogP contribution in [0.4, 0.5) is 10.5 Å². The molecule has 3 N–H and O–H groups in total. The number of rotatable bonds is 5. The minimum absolute atomic E-state index is 0. The van der Waals surface area contributed by atoms with E-state index < -0.39 is 0 Å². The van der Waals surface area contributed by atoms with Gasteiger partial charge in [0.05, 0.1) is 0 Å². The number of likely N-dealkylation sites (tertiary alicyclic amines) is 1. The monoisotopic (exact) mass is 517 g/mol. The normalized spacial score (nSPS) is 21.9. The van der Waals surface area contributed by atoms with Crippen LogP contribution < -0.4 is 16.0 Å². The molecule has 1 heterocycles. The largest absolute Gasteiger partial charge is 0.354 e. The molecule has 1 saturated carbocycles. The lowest BCUT2D eigenvalue weighted by Crippen LogP contribution is -2.42. The molecule has 2 atom stereocenters. The molecule has 6 nitrogen and oxygen atoms in total. The van der Waals surface area contributed by atoms with Crippen LogP contribution in [0.2, 0.25) is 0 Å². The molecule has 28 heavy (non-hydrogen) atoms. The molecule has 2 aliphatic rings. The summed E-state index contributed by atoms with van der Waals surface area (Å²) in [7, 11) is 1.81. The van der Waals surface area contributed by atoms with E-state index in [1.807, 2.05) is 41.9 Å². The first-order valence-corrected chi connectivity index (χ1v) is 11.1. The number of benzene rings is 1. The number of aliphatic imine (C=N–C) groups is 1. The van der Waals surface area contributed by atoms with Crippen molar-refractivity contribution < 1.29 is 4.79 Å². The van der Waals surface area contributed by atoms with Gasteiger partial charge in [0.1, 0.15) is 0 Å². The van der Waals surface area contributed by atoms with Gasteiger partial charge in [-0.1, -0.05) is 12.1 Å². The summed E-state index contributed by atoms with van der Waals surface area (Å²) < 4.78 is 0. The number of carbonyl (C=O) groups excluding carboxylic acids is 1. The van der Waals surface area contributed by atoms with Crippen LogP contribution in [0.25, 0.3) is 0 Å². The van der Waals surface area contributed by atoms with E-state index >= 15 is 0 Å². The Bertz CT molecular complexity index is 666. The highest BCUT2D eigenvalue weighted by molar-refractivity contribution is 14.0. The van der Waals surface area contributed by atoms with Crippen LogP contribution >= 0.6 is 35.7 Å². The summed E-state index contributed by atoms with van der Waals surface area (Å²) in [5, 5.41) is 10.7. The van der Waals surface area contributed by atoms with E-state index in [-0.39, 0.29) is 30.0 Å². The second kappa shape index (κ2) is 11.7. The highest BCUT2D eigenvalue weighted by atomic mass is 127. The van der Waals surface area contributed by atoms with Crippen LogP contribution in [-0.4, -0.2) is 54.6 Å². The lowest BCUT2D eigenvalue weighted by Gasteiger charge is -2.18. The second-order valence-electron chi connectivity index (χ2n) is 7.26. The molecule has 1 aromatic rings. The van der Waals surface area contributed by atoms with E-state index in [9.17, 15) is 4.79 Å². The lowest BCUT2D eigenvalue weighted by atomic mass is 10.2. The number of thioether (sulfide) groups is 1. The van der Waals surface area contributed by atoms with E-state index in [1.54, 1.807) is 0 Å². The molecule has 0 bridgehead atoms. The summed E-state index contributed by atoms with van der Waals surface area (Å²) >= 11 is 1.96. The third-order valence-corrected chi connectivity index (χ3v) is 6.41. The van der Waals surface area contributed by atoms with Crippen molar-refractivity contribution in [2.24, 2.45) is 4.99 Å². The maximum Gasteiger partial charge on any atom is 0.321 e. The van der Waals surface area contributed by atoms with Gasteiger partial charge in [-0.2, -0.15) is 11.8 Å². The van der Waals surface area contributed by atoms with Gasteiger partial charge in [0.2, 0.25) is 0 Å². The van der Waals surface area contributed by atoms with Crippen molar-refractivity contribution in [3.8, 4) is 0 Å². The van der Waals surface area contributed by atoms with Crippen molar-refractivity contribution in [1.29, 1.82) is 0 Å². The Hall–Kier alpha value is -1.16. The van der Waals surface area contributed by atoms with Gasteiger partial charge in [-0.05, 0) is 56.1 Å². The molecule has 0 radical (unpaired) electrons. The molecule has 3 rings (SSSR count). The summed E-state index contributed by atoms with van der Waals surface area (Å²) in [5.74, 6) is 0.841. The Morgan fingerprint density at radius 2 is 2.07 bits per heavy atom. The average Bonchev–Trinajstić information content (AvgIpc) is 3.37. The average molecular weight is 517 g/mol. The molecule has 1 aromatic carbocycles. The predicted molar refractivity (Wildman–Crippen MR) is 130 cm³/mol. The highest BCUT2D eigenvalue weighted by Gasteiger charge is 2.24. The van der Waals surface area contributed by atoms with Gasteiger partial charge in [-0.25, -0.2) is 4.79 Å². The molecular weight excluding hydrogens is 485 g/mol. The number of carbonyl (C=O) groups is 1. The molecular formula is C20H32IN5OS. The predicted octanol–water partition coefficient (Wildman–Crippen LogP) is 3.88. The van der Waals surface area contributed by atoms with Crippen molar-refractivity contribution in [1.82, 2.24) is 15.5 Å². The van der Waals surface area contributed by atoms with Gasteiger partial charge in [0.15, 0.2) is 5.96 Å². The third kappa shape index (κ3) is 6.72. The Morgan fingerprint density at radius 1 is 1.29 bits per heavy atom. The van der Waals surface area contributed by atoms with Gasteiger partial charge in [-0.15, -0.1) is 24.0 Å². The first-order chi connectivity index (χ1) is 13.2. The molecule has 1 saturated heterocycles. The van der Waals surface area contributed by atoms with Crippen LogP contribution in [0, 0.1) is 0 Å². The number of halogens is 1. The van der Waals surface area contributed by atoms with Crippen LogP contribution in [-0.2, 0) is 6.54 Å². The van der Waals surface area contributed by atoms with Gasteiger partial charge in [-0.3, -0.25) is 4.99 Å². The van der Waals surface area contributed by atoms with Crippen molar-refractivity contribution in [3.05, 3.63) is 29.8 Å². The minimum Gasteiger partial charge on any atom is -0.354 e. The minimum atomic E-state index is -0.000308. The number of urea groups is 1. The molecule has 2 amide bonds. The molecule has 0 aromatic heterocycles. The van der Waals surface area contributed by atoms with Crippen LogP contribution in [0.1, 0.15) is 37.7 Å². The number of amides is 2. The van der Waals surface area contributed by atoms with Crippen LogP contribution in [0.15, 0.2) is 29.3 Å². The Balaban J connectivity index is 0.00000280. The van der Waals surface area contributed by atoms with Gasteiger partial charge < -0.3 is 20.9 Å². The number of hydrogen-bond acceptors (Lipinski definition) is 3. The molecule has 8 heteroatoms. The zero-order valence-corrected chi connectivity index (χ0v) is 19.9. The fourth-order valence-corrected chi connectivity index (χ4v) is 4.54. The summed E-state index contributed by atoms with van der Waals surface area (Å²) in [6, 6.07) is 8.50. The number of hydrogen-bond donors (Lipinski definition) is 3. The molecule has 1 aliphatic carbocycles. The number of nitrogens with zero attached hydrogens (tertiary/aromatic N) is 2. The zero-order chi connectivity index (χ0) is 19.1. The van der Waals surface area contributed by atoms with Crippen LogP contribution in [0.5, 0.6) is 0 Å². The topological polar surface area (TPSA) is 68.8 Å². The maximum absolute atomic E-state index is 12.3. The molecule has 0 spiro atoms. The standard InChI is InChI=1S/C20H31N5OS.HI/c1-21-19(23-17-8-9-18(13-17)27-2)22-14-15-6-5-7-16(12-15)24-20(26)25-10-3-4-11-25;/h5-7,12,17-18H,3-4,8-11,13-14H2,1-2H3,(H,24,26)(H2,21,22,23);1H. The maximum atomic E-state index is 12.3. The molecule has 156 valence electrons. The first-order valence-electron chi connectivity index (χ1n) is 9.83. The first kappa shape index (κ1) is 23.1. The SMILES string of the molecule is CN=C(NCc1cccc(NC(=O)N2CCCC2)c1)NC1CCC(SC)C1.I. The fourth-order valence-electron chi connectivity index (χ4n) is 3.74. The van der Waals surface area contributed by atoms with E-state index in [4.69, 9.17) is 0 Å². The molecule has 2 unspecified atom stereocenters. The summed E-state index contributed by atoms with van der Waals surface area (Å²) in [4.78, 5) is 18.5. The quantitative estimate of drug-likeness (QED) is 0.315. The number of nitrogens with one attached hydrogen (secondary N) is 3. The summed E-state index contributed by atoms with van der Waals surface area (Å²) in [6.07, 6.45) is 8.05. The van der Waals surface area contributed by atoms with E-state index in [0.29, 0.717) is 12.6 Å². The van der Waals surface area contributed by atoms with Crippen molar-refractivity contribution in [2.75, 3.05) is 31.7 Å². The third-order valence-electron chi connectivity index (χ3n) is 5.31. The second-order valence-corrected chi connectivity index (χ2v) is 8.40. The zero-order valence-electron chi connectivity index (χ0n) is 16.7.